The lowest BCUT2D eigenvalue weighted by Gasteiger charge is -2.18. The molecule has 2 aliphatic rings. The van der Waals surface area contributed by atoms with Crippen molar-refractivity contribution in [3.63, 3.8) is 0 Å². The molecule has 0 amide bonds. The third-order valence-electron chi connectivity index (χ3n) is 4.17. The molecule has 5 heteroatoms. The maximum Gasteiger partial charge on any atom is 0.154 e. The molecule has 1 unspecified atom stereocenters. The fraction of sp³-hybridized carbons (Fsp3) is 0.625. The van der Waals surface area contributed by atoms with Gasteiger partial charge in [-0.2, -0.15) is 0 Å². The Labute approximate surface area is 126 Å². The van der Waals surface area contributed by atoms with E-state index in [9.17, 15) is 8.42 Å². The van der Waals surface area contributed by atoms with Gasteiger partial charge in [-0.05, 0) is 49.8 Å². The minimum Gasteiger partial charge on any atom is -0.489 e. The SMILES string of the molecule is Cc1cc(CNC2CC2)cc(C)c1OC1CCS(=O)(=O)C1. The number of ether oxygens (including phenoxy) is 1. The highest BCUT2D eigenvalue weighted by Crippen LogP contribution is 2.29. The molecule has 0 aromatic heterocycles. The molecule has 1 atom stereocenters. The van der Waals surface area contributed by atoms with Crippen molar-refractivity contribution in [3.05, 3.63) is 28.8 Å². The second-order valence-corrected chi connectivity index (χ2v) is 8.59. The molecule has 1 aromatic rings. The number of nitrogens with one attached hydrogen (secondary N) is 1. The van der Waals surface area contributed by atoms with Gasteiger partial charge in [-0.15, -0.1) is 0 Å². The molecule has 1 N–H and O–H groups in total. The number of benzene rings is 1. The standard InChI is InChI=1S/C16H23NO3S/c1-11-7-13(9-17-14-3-4-14)8-12(2)16(11)20-15-5-6-21(18,19)10-15/h7-8,14-15,17H,3-6,9-10H2,1-2H3. The van der Waals surface area contributed by atoms with E-state index >= 15 is 0 Å². The number of rotatable bonds is 5. The second-order valence-electron chi connectivity index (χ2n) is 6.36. The van der Waals surface area contributed by atoms with Crippen LogP contribution in [0.2, 0.25) is 0 Å². The summed E-state index contributed by atoms with van der Waals surface area (Å²) in [7, 11) is -2.90. The average Bonchev–Trinajstić information content (AvgIpc) is 3.16. The molecule has 4 nitrogen and oxygen atoms in total. The molecule has 1 aliphatic carbocycles. The lowest BCUT2D eigenvalue weighted by molar-refractivity contribution is 0.226. The smallest absolute Gasteiger partial charge is 0.154 e. The van der Waals surface area contributed by atoms with Crippen LogP contribution in [-0.4, -0.2) is 32.1 Å². The van der Waals surface area contributed by atoms with Crippen LogP contribution >= 0.6 is 0 Å². The van der Waals surface area contributed by atoms with Gasteiger partial charge < -0.3 is 10.1 Å². The highest BCUT2D eigenvalue weighted by atomic mass is 32.2. The van der Waals surface area contributed by atoms with Crippen LogP contribution in [0.25, 0.3) is 0 Å². The van der Waals surface area contributed by atoms with Crippen molar-refractivity contribution in [3.8, 4) is 5.75 Å². The Hall–Kier alpha value is -1.07. The first-order valence-corrected chi connectivity index (χ1v) is 9.46. The van der Waals surface area contributed by atoms with Crippen LogP contribution in [0.3, 0.4) is 0 Å². The Balaban J connectivity index is 1.70. The largest absolute Gasteiger partial charge is 0.489 e. The average molecular weight is 309 g/mol. The summed E-state index contributed by atoms with van der Waals surface area (Å²) in [5.41, 5.74) is 3.45. The minimum absolute atomic E-state index is 0.150. The lowest BCUT2D eigenvalue weighted by atomic mass is 10.1. The van der Waals surface area contributed by atoms with E-state index in [-0.39, 0.29) is 17.6 Å². The van der Waals surface area contributed by atoms with Gasteiger partial charge in [-0.1, -0.05) is 12.1 Å². The van der Waals surface area contributed by atoms with Crippen LogP contribution < -0.4 is 10.1 Å². The monoisotopic (exact) mass is 309 g/mol. The van der Waals surface area contributed by atoms with Crippen LogP contribution in [0.1, 0.15) is 36.0 Å². The first-order chi connectivity index (χ1) is 9.93. The maximum absolute atomic E-state index is 11.5. The van der Waals surface area contributed by atoms with E-state index in [1.54, 1.807) is 0 Å². The molecule has 116 valence electrons. The van der Waals surface area contributed by atoms with Gasteiger partial charge in [0.15, 0.2) is 9.84 Å². The summed E-state index contributed by atoms with van der Waals surface area (Å²) >= 11 is 0. The van der Waals surface area contributed by atoms with E-state index in [4.69, 9.17) is 4.74 Å². The molecule has 1 saturated heterocycles. The van der Waals surface area contributed by atoms with Gasteiger partial charge in [-0.3, -0.25) is 0 Å². The molecular weight excluding hydrogens is 286 g/mol. The van der Waals surface area contributed by atoms with Crippen LogP contribution in [0, 0.1) is 13.8 Å². The molecular formula is C16H23NO3S. The fourth-order valence-corrected chi connectivity index (χ4v) is 4.49. The molecule has 1 saturated carbocycles. The Kier molecular flexibility index (Phi) is 3.97. The summed E-state index contributed by atoms with van der Waals surface area (Å²) in [6.07, 6.45) is 2.99. The fourth-order valence-electron chi connectivity index (χ4n) is 2.90. The van der Waals surface area contributed by atoms with Crippen LogP contribution in [0.4, 0.5) is 0 Å². The van der Waals surface area contributed by atoms with Crippen LogP contribution in [-0.2, 0) is 16.4 Å². The van der Waals surface area contributed by atoms with Gasteiger partial charge in [0.2, 0.25) is 0 Å². The summed E-state index contributed by atoms with van der Waals surface area (Å²) in [6.45, 7) is 4.96. The van der Waals surface area contributed by atoms with Crippen molar-refractivity contribution >= 4 is 9.84 Å². The van der Waals surface area contributed by atoms with E-state index in [1.165, 1.54) is 18.4 Å². The van der Waals surface area contributed by atoms with Crippen molar-refractivity contribution in [2.24, 2.45) is 0 Å². The van der Waals surface area contributed by atoms with Crippen molar-refractivity contribution < 1.29 is 13.2 Å². The van der Waals surface area contributed by atoms with Gasteiger partial charge in [0, 0.05) is 12.6 Å². The van der Waals surface area contributed by atoms with Crippen molar-refractivity contribution in [2.75, 3.05) is 11.5 Å². The number of aryl methyl sites for hydroxylation is 2. The molecule has 0 spiro atoms. The predicted molar refractivity (Wildman–Crippen MR) is 83.5 cm³/mol. The summed E-state index contributed by atoms with van der Waals surface area (Å²) in [4.78, 5) is 0. The molecule has 1 heterocycles. The minimum atomic E-state index is -2.90. The molecule has 3 rings (SSSR count). The van der Waals surface area contributed by atoms with Crippen LogP contribution in [0.5, 0.6) is 5.75 Å². The van der Waals surface area contributed by atoms with Gasteiger partial charge >= 0.3 is 0 Å². The Morgan fingerprint density at radius 3 is 2.38 bits per heavy atom. The molecule has 0 bridgehead atoms. The first-order valence-electron chi connectivity index (χ1n) is 7.63. The number of sulfone groups is 1. The van der Waals surface area contributed by atoms with Gasteiger partial charge in [-0.25, -0.2) is 8.42 Å². The van der Waals surface area contributed by atoms with E-state index in [1.807, 2.05) is 13.8 Å². The third-order valence-corrected chi connectivity index (χ3v) is 5.90. The quantitative estimate of drug-likeness (QED) is 0.905. The molecule has 2 fully saturated rings. The van der Waals surface area contributed by atoms with Crippen LogP contribution in [0.15, 0.2) is 12.1 Å². The lowest BCUT2D eigenvalue weighted by Crippen LogP contribution is -2.19. The Morgan fingerprint density at radius 2 is 1.86 bits per heavy atom. The molecule has 1 aliphatic heterocycles. The van der Waals surface area contributed by atoms with Gasteiger partial charge in [0.1, 0.15) is 11.9 Å². The zero-order chi connectivity index (χ0) is 15.0. The topological polar surface area (TPSA) is 55.4 Å². The Morgan fingerprint density at radius 1 is 1.19 bits per heavy atom. The van der Waals surface area contributed by atoms with E-state index in [0.717, 1.165) is 23.4 Å². The summed E-state index contributed by atoms with van der Waals surface area (Å²) < 4.78 is 29.0. The van der Waals surface area contributed by atoms with Crippen molar-refractivity contribution in [1.82, 2.24) is 5.32 Å². The third kappa shape index (κ3) is 3.77. The predicted octanol–water partition coefficient (Wildman–Crippen LogP) is 2.12. The van der Waals surface area contributed by atoms with Crippen molar-refractivity contribution in [2.45, 2.75) is 51.8 Å². The number of hydrogen-bond donors (Lipinski definition) is 1. The van der Waals surface area contributed by atoms with E-state index in [2.05, 4.69) is 17.4 Å². The van der Waals surface area contributed by atoms with Gasteiger partial charge in [0.25, 0.3) is 0 Å². The zero-order valence-electron chi connectivity index (χ0n) is 12.7. The Bertz CT molecular complexity index is 612. The van der Waals surface area contributed by atoms with Gasteiger partial charge in [0.05, 0.1) is 11.5 Å². The number of hydrogen-bond acceptors (Lipinski definition) is 4. The highest BCUT2D eigenvalue weighted by Gasteiger charge is 2.30. The first kappa shape index (κ1) is 14.9. The maximum atomic E-state index is 11.5. The van der Waals surface area contributed by atoms with Crippen molar-refractivity contribution in [1.29, 1.82) is 0 Å². The summed E-state index contributed by atoms with van der Waals surface area (Å²) in [5.74, 6) is 1.25. The summed E-state index contributed by atoms with van der Waals surface area (Å²) in [6, 6.07) is 4.98. The normalized spacial score (nSPS) is 24.2. The highest BCUT2D eigenvalue weighted by molar-refractivity contribution is 7.91. The van der Waals surface area contributed by atoms with E-state index < -0.39 is 9.84 Å². The molecule has 1 aromatic carbocycles. The second kappa shape index (κ2) is 5.61. The zero-order valence-corrected chi connectivity index (χ0v) is 13.5. The molecule has 21 heavy (non-hydrogen) atoms. The summed E-state index contributed by atoms with van der Waals surface area (Å²) in [5, 5.41) is 3.51. The molecule has 0 radical (unpaired) electrons. The van der Waals surface area contributed by atoms with E-state index in [0.29, 0.717) is 12.5 Å².